The van der Waals surface area contributed by atoms with Crippen molar-refractivity contribution in [2.75, 3.05) is 13.7 Å². The quantitative estimate of drug-likeness (QED) is 0.868. The predicted octanol–water partition coefficient (Wildman–Crippen LogP) is 1.81. The van der Waals surface area contributed by atoms with Crippen LogP contribution in [0, 0.1) is 6.92 Å². The third-order valence-electron chi connectivity index (χ3n) is 4.01. The first kappa shape index (κ1) is 12.4. The van der Waals surface area contributed by atoms with Gasteiger partial charge in [-0.25, -0.2) is 4.68 Å². The summed E-state index contributed by atoms with van der Waals surface area (Å²) in [6.45, 7) is 5.46. The summed E-state index contributed by atoms with van der Waals surface area (Å²) in [5, 5.41) is 8.12. The van der Waals surface area contributed by atoms with Crippen LogP contribution >= 0.6 is 0 Å². The number of nitrogens with zero attached hydrogens (tertiary/aromatic N) is 2. The topological polar surface area (TPSA) is 39.1 Å². The Labute approximate surface area is 103 Å². The molecule has 0 radical (unpaired) electrons. The molecule has 4 nitrogen and oxygen atoms in total. The zero-order valence-corrected chi connectivity index (χ0v) is 11.3. The van der Waals surface area contributed by atoms with E-state index in [1.807, 2.05) is 11.7 Å². The van der Waals surface area contributed by atoms with Crippen molar-refractivity contribution in [3.8, 4) is 5.88 Å². The highest BCUT2D eigenvalue weighted by Gasteiger charge is 2.34. The van der Waals surface area contributed by atoms with E-state index >= 15 is 0 Å². The molecule has 0 saturated carbocycles. The van der Waals surface area contributed by atoms with Gasteiger partial charge >= 0.3 is 0 Å². The normalized spacial score (nSPS) is 24.2. The molecule has 0 amide bonds. The molecule has 2 rings (SSSR count). The lowest BCUT2D eigenvalue weighted by Crippen LogP contribution is -2.41. The van der Waals surface area contributed by atoms with E-state index in [1.54, 1.807) is 7.11 Å². The second-order valence-electron chi connectivity index (χ2n) is 5.04. The van der Waals surface area contributed by atoms with Gasteiger partial charge in [-0.2, -0.15) is 5.10 Å². The van der Waals surface area contributed by atoms with E-state index in [4.69, 9.17) is 4.74 Å². The van der Waals surface area contributed by atoms with E-state index in [-0.39, 0.29) is 5.54 Å². The predicted molar refractivity (Wildman–Crippen MR) is 68.5 cm³/mol. The van der Waals surface area contributed by atoms with Crippen LogP contribution < -0.4 is 10.1 Å². The maximum Gasteiger partial charge on any atom is 0.214 e. The Balaban J connectivity index is 2.28. The molecule has 1 atom stereocenters. The molecule has 0 bridgehead atoms. The summed E-state index contributed by atoms with van der Waals surface area (Å²) in [6, 6.07) is 0. The monoisotopic (exact) mass is 237 g/mol. The first-order valence-electron chi connectivity index (χ1n) is 6.43. The van der Waals surface area contributed by atoms with Crippen LogP contribution in [0.25, 0.3) is 0 Å². The van der Waals surface area contributed by atoms with Gasteiger partial charge in [0, 0.05) is 18.2 Å². The summed E-state index contributed by atoms with van der Waals surface area (Å²) in [4.78, 5) is 0. The minimum absolute atomic E-state index is 0.251. The fourth-order valence-electron chi connectivity index (χ4n) is 2.92. The summed E-state index contributed by atoms with van der Waals surface area (Å²) in [6.07, 6.45) is 4.70. The van der Waals surface area contributed by atoms with Gasteiger partial charge in [0.1, 0.15) is 0 Å². The van der Waals surface area contributed by atoms with E-state index in [1.165, 1.54) is 18.4 Å². The van der Waals surface area contributed by atoms with Gasteiger partial charge in [0.15, 0.2) is 0 Å². The lowest BCUT2D eigenvalue weighted by Gasteiger charge is -2.28. The molecule has 0 aromatic carbocycles. The SMILES string of the molecule is CCC1(Cc2c(C)nn(C)c2OC)CCCN1. The number of methoxy groups -OCH3 is 1. The molecule has 1 aromatic heterocycles. The van der Waals surface area contributed by atoms with Gasteiger partial charge in [-0.15, -0.1) is 0 Å². The molecular weight excluding hydrogens is 214 g/mol. The molecule has 1 aliphatic heterocycles. The molecule has 1 aliphatic rings. The minimum atomic E-state index is 0.251. The van der Waals surface area contributed by atoms with Crippen molar-refractivity contribution < 1.29 is 4.74 Å². The van der Waals surface area contributed by atoms with Crippen LogP contribution in [-0.4, -0.2) is 29.0 Å². The van der Waals surface area contributed by atoms with Gasteiger partial charge in [0.05, 0.1) is 12.8 Å². The van der Waals surface area contributed by atoms with Gasteiger partial charge < -0.3 is 10.1 Å². The third-order valence-corrected chi connectivity index (χ3v) is 4.01. The highest BCUT2D eigenvalue weighted by atomic mass is 16.5. The maximum atomic E-state index is 5.47. The summed E-state index contributed by atoms with van der Waals surface area (Å²) < 4.78 is 7.31. The highest BCUT2D eigenvalue weighted by Crippen LogP contribution is 2.32. The van der Waals surface area contributed by atoms with Crippen molar-refractivity contribution in [3.63, 3.8) is 0 Å². The summed E-state index contributed by atoms with van der Waals surface area (Å²) in [5.74, 6) is 0.907. The van der Waals surface area contributed by atoms with Crippen LogP contribution in [0.2, 0.25) is 0 Å². The largest absolute Gasteiger partial charge is 0.481 e. The fraction of sp³-hybridized carbons (Fsp3) is 0.769. The lowest BCUT2D eigenvalue weighted by molar-refractivity contribution is 0.338. The van der Waals surface area contributed by atoms with E-state index in [9.17, 15) is 0 Å². The van der Waals surface area contributed by atoms with Crippen LogP contribution in [0.5, 0.6) is 5.88 Å². The van der Waals surface area contributed by atoms with Crippen LogP contribution in [0.15, 0.2) is 0 Å². The average molecular weight is 237 g/mol. The Morgan fingerprint density at radius 2 is 2.29 bits per heavy atom. The number of aromatic nitrogens is 2. The minimum Gasteiger partial charge on any atom is -0.481 e. The number of aryl methyl sites for hydroxylation is 2. The van der Waals surface area contributed by atoms with Crippen molar-refractivity contribution in [2.45, 2.75) is 45.1 Å². The zero-order chi connectivity index (χ0) is 12.5. The third kappa shape index (κ3) is 2.18. The molecule has 1 saturated heterocycles. The van der Waals surface area contributed by atoms with Gasteiger partial charge in [-0.05, 0) is 39.2 Å². The van der Waals surface area contributed by atoms with Crippen molar-refractivity contribution in [1.82, 2.24) is 15.1 Å². The molecule has 1 fully saturated rings. The molecule has 0 aliphatic carbocycles. The zero-order valence-electron chi connectivity index (χ0n) is 11.3. The van der Waals surface area contributed by atoms with Crippen LogP contribution in [0.1, 0.15) is 37.4 Å². The smallest absolute Gasteiger partial charge is 0.214 e. The standard InChI is InChI=1S/C13H23N3O/c1-5-13(7-6-8-14-13)9-11-10(2)15-16(3)12(11)17-4/h14H,5-9H2,1-4H3. The molecule has 1 unspecified atom stereocenters. The lowest BCUT2D eigenvalue weighted by atomic mass is 9.87. The molecule has 2 heterocycles. The second-order valence-corrected chi connectivity index (χ2v) is 5.04. The summed E-state index contributed by atoms with van der Waals surface area (Å²) in [5.41, 5.74) is 2.60. The van der Waals surface area contributed by atoms with Crippen molar-refractivity contribution in [2.24, 2.45) is 7.05 Å². The van der Waals surface area contributed by atoms with Gasteiger partial charge in [0.2, 0.25) is 5.88 Å². The molecule has 4 heteroatoms. The van der Waals surface area contributed by atoms with Gasteiger partial charge in [-0.1, -0.05) is 6.92 Å². The van der Waals surface area contributed by atoms with Crippen molar-refractivity contribution in [3.05, 3.63) is 11.3 Å². The second kappa shape index (κ2) is 4.69. The summed E-state index contributed by atoms with van der Waals surface area (Å²) in [7, 11) is 3.66. The van der Waals surface area contributed by atoms with Crippen LogP contribution in [0.4, 0.5) is 0 Å². The van der Waals surface area contributed by atoms with Crippen LogP contribution in [0.3, 0.4) is 0 Å². The van der Waals surface area contributed by atoms with E-state index < -0.39 is 0 Å². The highest BCUT2D eigenvalue weighted by molar-refractivity contribution is 5.33. The Morgan fingerprint density at radius 3 is 2.82 bits per heavy atom. The summed E-state index contributed by atoms with van der Waals surface area (Å²) >= 11 is 0. The van der Waals surface area contributed by atoms with Gasteiger partial charge in [0.25, 0.3) is 0 Å². The first-order valence-corrected chi connectivity index (χ1v) is 6.43. The van der Waals surface area contributed by atoms with Crippen LogP contribution in [-0.2, 0) is 13.5 Å². The Hall–Kier alpha value is -1.03. The van der Waals surface area contributed by atoms with E-state index in [0.717, 1.165) is 31.0 Å². The Morgan fingerprint density at radius 1 is 1.53 bits per heavy atom. The number of rotatable bonds is 4. The molecule has 96 valence electrons. The Bertz CT molecular complexity index is 392. The molecule has 0 spiro atoms. The maximum absolute atomic E-state index is 5.47. The number of ether oxygens (including phenoxy) is 1. The van der Waals surface area contributed by atoms with Crippen molar-refractivity contribution in [1.29, 1.82) is 0 Å². The van der Waals surface area contributed by atoms with Gasteiger partial charge in [-0.3, -0.25) is 0 Å². The molecule has 17 heavy (non-hydrogen) atoms. The molecule has 1 aromatic rings. The van der Waals surface area contributed by atoms with E-state index in [2.05, 4.69) is 24.3 Å². The van der Waals surface area contributed by atoms with Crippen molar-refractivity contribution >= 4 is 0 Å². The number of hydrogen-bond acceptors (Lipinski definition) is 3. The van der Waals surface area contributed by atoms with E-state index in [0.29, 0.717) is 0 Å². The number of hydrogen-bond donors (Lipinski definition) is 1. The number of nitrogens with one attached hydrogen (secondary N) is 1. The fourth-order valence-corrected chi connectivity index (χ4v) is 2.92. The Kier molecular flexibility index (Phi) is 3.43. The average Bonchev–Trinajstić information content (AvgIpc) is 2.87. The molecule has 1 N–H and O–H groups in total. The molecular formula is C13H23N3O. The first-order chi connectivity index (χ1) is 8.12.